The average Bonchev–Trinajstić information content (AvgIpc) is 3.91. The van der Waals surface area contributed by atoms with E-state index in [9.17, 15) is 32.7 Å². The first-order valence-corrected chi connectivity index (χ1v) is 20.9. The number of rotatable bonds is 13. The van der Waals surface area contributed by atoms with Crippen molar-refractivity contribution in [2.75, 3.05) is 50.6 Å². The Morgan fingerprint density at radius 2 is 1.67 bits per heavy atom. The summed E-state index contributed by atoms with van der Waals surface area (Å²) in [5.74, 6) is -0.479. The van der Waals surface area contributed by atoms with Crippen LogP contribution in [0.4, 0.5) is 24.7 Å². The number of hydrogen-bond acceptors (Lipinski definition) is 11. The third-order valence-corrected chi connectivity index (χ3v) is 11.5. The largest absolute Gasteiger partial charge is 0.573 e. The van der Waals surface area contributed by atoms with Crippen LogP contribution in [0.3, 0.4) is 0 Å². The third kappa shape index (κ3) is 11.1. The predicted molar refractivity (Wildman–Crippen MR) is 231 cm³/mol. The highest BCUT2D eigenvalue weighted by Gasteiger charge is 2.42. The van der Waals surface area contributed by atoms with E-state index in [-0.39, 0.29) is 51.7 Å². The van der Waals surface area contributed by atoms with Gasteiger partial charge in [-0.1, -0.05) is 70.5 Å². The molecule has 0 radical (unpaired) electrons. The quantitative estimate of drug-likeness (QED) is 0.103. The Bertz CT molecular complexity index is 2250. The summed E-state index contributed by atoms with van der Waals surface area (Å²) in [6, 6.07) is 10.9. The Kier molecular flexibility index (Phi) is 14.4. The lowest BCUT2D eigenvalue weighted by Gasteiger charge is -2.42. The second-order valence-electron chi connectivity index (χ2n) is 17.1. The molecule has 2 saturated heterocycles. The molecule has 19 heteroatoms. The van der Waals surface area contributed by atoms with Gasteiger partial charge in [0.1, 0.15) is 17.4 Å². The molecule has 2 aliphatic heterocycles. The van der Waals surface area contributed by atoms with Gasteiger partial charge in [0.2, 0.25) is 18.2 Å². The van der Waals surface area contributed by atoms with Gasteiger partial charge >= 0.3 is 6.36 Å². The van der Waals surface area contributed by atoms with Gasteiger partial charge in [-0.25, -0.2) is 9.97 Å². The van der Waals surface area contributed by atoms with Crippen LogP contribution in [0.25, 0.3) is 22.4 Å². The number of aliphatic hydroxyl groups excluding tert-OH is 1. The van der Waals surface area contributed by atoms with Crippen LogP contribution in [0.5, 0.6) is 5.75 Å². The Balaban J connectivity index is 1.17. The van der Waals surface area contributed by atoms with Gasteiger partial charge in [0, 0.05) is 76.1 Å². The molecule has 15 nitrogen and oxygen atoms in total. The van der Waals surface area contributed by atoms with Crippen LogP contribution in [-0.2, 0) is 19.1 Å². The molecule has 5 unspecified atom stereocenters. The number of alkyl halides is 3. The molecule has 63 heavy (non-hydrogen) atoms. The Labute approximate surface area is 369 Å². The summed E-state index contributed by atoms with van der Waals surface area (Å²) in [4.78, 5) is 57.9. The molecule has 2 fully saturated rings. The fourth-order valence-electron chi connectivity index (χ4n) is 7.83. The zero-order valence-corrected chi connectivity index (χ0v) is 37.2. The van der Waals surface area contributed by atoms with Crippen molar-refractivity contribution < 1.29 is 46.9 Å². The number of amides is 3. The number of imidazole rings is 1. The first-order valence-electron chi connectivity index (χ1n) is 20.6. The van der Waals surface area contributed by atoms with E-state index in [2.05, 4.69) is 30.3 Å². The Hall–Kier alpha value is -5.27. The van der Waals surface area contributed by atoms with Crippen LogP contribution in [-0.4, -0.2) is 119 Å². The molecule has 4 N–H and O–H groups in total. The number of nitrogens with one attached hydrogen (secondary N) is 3. The molecule has 0 spiro atoms. The summed E-state index contributed by atoms with van der Waals surface area (Å²) in [5.41, 5.74) is 1.16. The third-order valence-electron chi connectivity index (χ3n) is 11.2. The maximum absolute atomic E-state index is 13.8. The molecule has 2 aromatic carbocycles. The van der Waals surface area contributed by atoms with Crippen LogP contribution in [0.15, 0.2) is 60.9 Å². The number of aromatic nitrogens is 3. The number of piperazine rings is 1. The normalized spacial score (nSPS) is 19.3. The number of pyridine rings is 1. The molecule has 4 aromatic rings. The zero-order chi connectivity index (χ0) is 46.0. The van der Waals surface area contributed by atoms with Gasteiger partial charge in [-0.15, -0.1) is 13.2 Å². The van der Waals surface area contributed by atoms with Crippen molar-refractivity contribution in [2.45, 2.75) is 85.0 Å². The number of anilines is 2. The summed E-state index contributed by atoms with van der Waals surface area (Å²) in [5, 5.41) is 15.4. The number of likely N-dealkylation sites (tertiary alicyclic amines) is 1. The van der Waals surface area contributed by atoms with Gasteiger partial charge in [-0.3, -0.25) is 19.7 Å². The van der Waals surface area contributed by atoms with E-state index in [4.69, 9.17) is 21.1 Å². The number of aliphatic hydroxyl groups is 1. The number of benzene rings is 2. The second-order valence-corrected chi connectivity index (χ2v) is 17.5. The van der Waals surface area contributed by atoms with E-state index < -0.39 is 41.9 Å². The summed E-state index contributed by atoms with van der Waals surface area (Å²) in [6.07, 6.45) is -3.22. The van der Waals surface area contributed by atoms with Crippen molar-refractivity contribution in [2.24, 2.45) is 11.3 Å². The molecular weight excluding hydrogens is 845 g/mol. The number of hydrogen-bond donors (Lipinski definition) is 4. The van der Waals surface area contributed by atoms with Crippen molar-refractivity contribution in [3.8, 4) is 28.1 Å². The van der Waals surface area contributed by atoms with E-state index in [1.54, 1.807) is 54.6 Å². The minimum atomic E-state index is -5.06. The fourth-order valence-corrected chi connectivity index (χ4v) is 8.04. The number of aromatic amines is 1. The van der Waals surface area contributed by atoms with Crippen molar-refractivity contribution in [3.05, 3.63) is 77.3 Å². The van der Waals surface area contributed by atoms with Gasteiger partial charge < -0.3 is 44.3 Å². The van der Waals surface area contributed by atoms with Gasteiger partial charge in [-0.05, 0) is 42.2 Å². The van der Waals surface area contributed by atoms with E-state index in [0.717, 1.165) is 6.07 Å². The smallest absolute Gasteiger partial charge is 0.405 e. The van der Waals surface area contributed by atoms with Gasteiger partial charge in [0.15, 0.2) is 0 Å². The average molecular weight is 899 g/mol. The Morgan fingerprint density at radius 3 is 2.25 bits per heavy atom. The Morgan fingerprint density at radius 1 is 0.968 bits per heavy atom. The van der Waals surface area contributed by atoms with Crippen LogP contribution >= 0.6 is 11.6 Å². The molecule has 0 aliphatic carbocycles. The van der Waals surface area contributed by atoms with Crippen molar-refractivity contribution in [3.63, 3.8) is 0 Å². The van der Waals surface area contributed by atoms with Crippen molar-refractivity contribution >= 4 is 40.8 Å². The minimum absolute atomic E-state index is 0.0224. The molecule has 2 aromatic heterocycles. The fraction of sp³-hybridized carbons (Fsp3) is 0.477. The van der Waals surface area contributed by atoms with Crippen LogP contribution in [0.1, 0.15) is 70.2 Å². The molecule has 4 heterocycles. The summed E-state index contributed by atoms with van der Waals surface area (Å²) in [6.45, 7) is 13.3. The van der Waals surface area contributed by atoms with Gasteiger partial charge in [0.05, 0.1) is 46.4 Å². The standard InChI is InChI=1S/C44H54ClF3N8O7/c1-24(2)37(53-42(60)62-8)40(58)56-23-29(61-7)17-34(56)38-50-21-33(51-38)27-11-9-26(10-12-27)30-18-31(45)32(19-35(30)63-44(46,47)48)52-39(57)28-13-14-36(49-20-28)55-16-15-54(22-25(55)3)41(59)43(4,5)6/h9-14,18-21,24-25,29,34,37,42,53,60H,15-17,22-23H2,1-8H3,(H,50,51)(H,52,57). The van der Waals surface area contributed by atoms with Crippen LogP contribution in [0, 0.1) is 11.3 Å². The first-order chi connectivity index (χ1) is 29.7. The highest BCUT2D eigenvalue weighted by Crippen LogP contribution is 2.41. The number of ether oxygens (including phenoxy) is 3. The summed E-state index contributed by atoms with van der Waals surface area (Å²) >= 11 is 6.60. The van der Waals surface area contributed by atoms with E-state index in [1.165, 1.54) is 19.4 Å². The maximum Gasteiger partial charge on any atom is 0.573 e. The lowest BCUT2D eigenvalue weighted by molar-refractivity contribution is -0.274. The molecule has 6 rings (SSSR count). The topological polar surface area (TPSA) is 174 Å². The minimum Gasteiger partial charge on any atom is -0.405 e. The van der Waals surface area contributed by atoms with Crippen molar-refractivity contribution in [1.29, 1.82) is 0 Å². The SMILES string of the molecule is COC1CC(c2ncc(-c3ccc(-c4cc(Cl)c(NC(=O)c5ccc(N6CCN(C(=O)C(C)(C)C)CC6C)nc5)cc4OC(F)(F)F)cc3)[nH]2)N(C(=O)C(NC(O)OC)C(C)C)C1. The van der Waals surface area contributed by atoms with Gasteiger partial charge in [0.25, 0.3) is 5.91 Å². The van der Waals surface area contributed by atoms with Gasteiger partial charge in [-0.2, -0.15) is 0 Å². The van der Waals surface area contributed by atoms with Crippen LogP contribution < -0.4 is 20.3 Å². The lowest BCUT2D eigenvalue weighted by atomic mass is 9.94. The van der Waals surface area contributed by atoms with Crippen LogP contribution in [0.2, 0.25) is 5.02 Å². The highest BCUT2D eigenvalue weighted by molar-refractivity contribution is 6.34. The molecular formula is C44H54ClF3N8O7. The maximum atomic E-state index is 13.8. The molecule has 5 atom stereocenters. The molecule has 2 aliphatic rings. The molecule has 3 amide bonds. The van der Waals surface area contributed by atoms with Crippen molar-refractivity contribution in [1.82, 2.24) is 30.1 Å². The lowest BCUT2D eigenvalue weighted by Crippen LogP contribution is -2.56. The molecule has 0 bridgehead atoms. The zero-order valence-electron chi connectivity index (χ0n) is 36.4. The van der Waals surface area contributed by atoms with E-state index in [1.807, 2.05) is 51.3 Å². The molecule has 340 valence electrons. The number of nitrogens with zero attached hydrogens (tertiary/aromatic N) is 5. The number of H-pyrrole nitrogens is 1. The monoisotopic (exact) mass is 898 g/mol. The predicted octanol–water partition coefficient (Wildman–Crippen LogP) is 6.85. The number of carbonyl (C=O) groups is 3. The van der Waals surface area contributed by atoms with E-state index >= 15 is 0 Å². The highest BCUT2D eigenvalue weighted by atomic mass is 35.5. The first kappa shape index (κ1) is 47.2. The summed E-state index contributed by atoms with van der Waals surface area (Å²) in [7, 11) is 2.89. The molecule has 0 saturated carbocycles. The summed E-state index contributed by atoms with van der Waals surface area (Å²) < 4.78 is 56.4. The number of halogens is 4. The second kappa shape index (κ2) is 19.2. The van der Waals surface area contributed by atoms with E-state index in [0.29, 0.717) is 61.1 Å². The number of carbonyl (C=O) groups excluding carboxylic acids is 3. The number of methoxy groups -OCH3 is 2.